The van der Waals surface area contributed by atoms with Crippen molar-refractivity contribution in [2.45, 2.75) is 58.9 Å². The molecule has 1 aliphatic heterocycles. The number of nitrogens with zero attached hydrogens (tertiary/aromatic N) is 1. The molecule has 0 bridgehead atoms. The normalized spacial score (nSPS) is 25.9. The van der Waals surface area contributed by atoms with E-state index in [1.165, 1.54) is 37.7 Å². The Morgan fingerprint density at radius 1 is 1.10 bits per heavy atom. The molecule has 2 aliphatic rings. The van der Waals surface area contributed by atoms with E-state index in [1.54, 1.807) is 0 Å². The summed E-state index contributed by atoms with van der Waals surface area (Å²) >= 11 is 0. The highest BCUT2D eigenvalue weighted by molar-refractivity contribution is 6.00. The average molecular weight is 285 g/mol. The topological polar surface area (TPSA) is 20.3 Å². The number of carbonyl (C=O) groups is 1. The van der Waals surface area contributed by atoms with Crippen LogP contribution in [0.2, 0.25) is 0 Å². The van der Waals surface area contributed by atoms with E-state index in [2.05, 4.69) is 37.8 Å². The van der Waals surface area contributed by atoms with Crippen LogP contribution in [0.25, 0.3) is 0 Å². The van der Waals surface area contributed by atoms with E-state index in [9.17, 15) is 4.79 Å². The Labute approximate surface area is 128 Å². The molecule has 0 spiro atoms. The number of carbonyl (C=O) groups excluding carboxylic acids is 1. The number of rotatable bonds is 3. The third kappa shape index (κ3) is 2.91. The molecule has 2 unspecified atom stereocenters. The van der Waals surface area contributed by atoms with Crippen LogP contribution in [0.15, 0.2) is 12.1 Å². The fourth-order valence-electron chi connectivity index (χ4n) is 4.58. The smallest absolute Gasteiger partial charge is 0.177 e. The van der Waals surface area contributed by atoms with Crippen molar-refractivity contribution in [1.82, 2.24) is 4.90 Å². The summed E-state index contributed by atoms with van der Waals surface area (Å²) in [6.07, 6.45) is 6.69. The molecule has 2 nitrogen and oxygen atoms in total. The fourth-order valence-corrected chi connectivity index (χ4v) is 4.58. The van der Waals surface area contributed by atoms with Crippen LogP contribution >= 0.6 is 0 Å². The second-order valence-corrected chi connectivity index (χ2v) is 7.07. The maximum Gasteiger partial charge on any atom is 0.177 e. The van der Waals surface area contributed by atoms with Gasteiger partial charge in [0.15, 0.2) is 5.78 Å². The molecule has 1 aliphatic carbocycles. The first kappa shape index (κ1) is 14.8. The minimum atomic E-state index is 0.316. The molecule has 1 aromatic rings. The van der Waals surface area contributed by atoms with Crippen molar-refractivity contribution in [3.8, 4) is 0 Å². The van der Waals surface area contributed by atoms with Crippen LogP contribution in [0.5, 0.6) is 0 Å². The second kappa shape index (κ2) is 5.92. The summed E-state index contributed by atoms with van der Waals surface area (Å²) in [5.74, 6) is 1.17. The van der Waals surface area contributed by atoms with Gasteiger partial charge in [0.05, 0.1) is 6.54 Å². The SMILES string of the molecule is Cc1cc(C)c(C(=O)CN2CCC3CCCCC32)c(C)c1. The number of hydrogen-bond acceptors (Lipinski definition) is 2. The summed E-state index contributed by atoms with van der Waals surface area (Å²) in [7, 11) is 0. The Bertz CT molecular complexity index is 525. The van der Waals surface area contributed by atoms with Crippen LogP contribution in [-0.4, -0.2) is 29.8 Å². The molecule has 2 atom stereocenters. The summed E-state index contributed by atoms with van der Waals surface area (Å²) in [5.41, 5.74) is 4.48. The van der Waals surface area contributed by atoms with Gasteiger partial charge in [-0.2, -0.15) is 0 Å². The predicted octanol–water partition coefficient (Wildman–Crippen LogP) is 4.06. The quantitative estimate of drug-likeness (QED) is 0.781. The molecule has 2 fully saturated rings. The summed E-state index contributed by atoms with van der Waals surface area (Å²) < 4.78 is 0. The van der Waals surface area contributed by atoms with Crippen molar-refractivity contribution in [1.29, 1.82) is 0 Å². The van der Waals surface area contributed by atoms with E-state index in [1.807, 2.05) is 0 Å². The van der Waals surface area contributed by atoms with E-state index in [4.69, 9.17) is 0 Å². The molecule has 1 aromatic carbocycles. The van der Waals surface area contributed by atoms with Crippen molar-refractivity contribution in [3.63, 3.8) is 0 Å². The number of Topliss-reactive ketones (excluding diaryl/α,β-unsaturated/α-hetero) is 1. The van der Waals surface area contributed by atoms with Gasteiger partial charge in [-0.25, -0.2) is 0 Å². The van der Waals surface area contributed by atoms with E-state index < -0.39 is 0 Å². The Kier molecular flexibility index (Phi) is 4.17. The molecule has 3 rings (SSSR count). The zero-order chi connectivity index (χ0) is 15.0. The molecule has 1 saturated carbocycles. The Balaban J connectivity index is 1.75. The van der Waals surface area contributed by atoms with E-state index >= 15 is 0 Å². The third-order valence-corrected chi connectivity index (χ3v) is 5.43. The summed E-state index contributed by atoms with van der Waals surface area (Å²) in [4.78, 5) is 15.2. The van der Waals surface area contributed by atoms with Crippen LogP contribution in [0.3, 0.4) is 0 Å². The lowest BCUT2D eigenvalue weighted by Crippen LogP contribution is -2.38. The van der Waals surface area contributed by atoms with Crippen molar-refractivity contribution >= 4 is 5.78 Å². The molecule has 0 radical (unpaired) electrons. The molecule has 0 amide bonds. The second-order valence-electron chi connectivity index (χ2n) is 7.07. The van der Waals surface area contributed by atoms with Crippen molar-refractivity contribution in [3.05, 3.63) is 34.4 Å². The van der Waals surface area contributed by atoms with Crippen LogP contribution in [0.4, 0.5) is 0 Å². The van der Waals surface area contributed by atoms with Gasteiger partial charge in [-0.05, 0) is 63.6 Å². The Hall–Kier alpha value is -1.15. The van der Waals surface area contributed by atoms with Crippen LogP contribution in [0.1, 0.15) is 59.2 Å². The van der Waals surface area contributed by atoms with E-state index in [0.29, 0.717) is 18.4 Å². The lowest BCUT2D eigenvalue weighted by atomic mass is 9.85. The zero-order valence-electron chi connectivity index (χ0n) is 13.6. The van der Waals surface area contributed by atoms with Crippen molar-refractivity contribution < 1.29 is 4.79 Å². The van der Waals surface area contributed by atoms with Gasteiger partial charge in [-0.15, -0.1) is 0 Å². The fraction of sp³-hybridized carbons (Fsp3) is 0.632. The molecular formula is C19H27NO. The monoisotopic (exact) mass is 285 g/mol. The number of ketones is 1. The maximum atomic E-state index is 12.8. The Morgan fingerprint density at radius 3 is 2.48 bits per heavy atom. The van der Waals surface area contributed by atoms with E-state index in [-0.39, 0.29) is 0 Å². The zero-order valence-corrected chi connectivity index (χ0v) is 13.6. The van der Waals surface area contributed by atoms with Crippen LogP contribution < -0.4 is 0 Å². The summed E-state index contributed by atoms with van der Waals surface area (Å²) in [5, 5.41) is 0. The first-order valence-corrected chi connectivity index (χ1v) is 8.41. The minimum absolute atomic E-state index is 0.316. The standard InChI is InChI=1S/C19H27NO/c1-13-10-14(2)19(15(3)11-13)18(21)12-20-9-8-16-6-4-5-7-17(16)20/h10-11,16-17H,4-9,12H2,1-3H3. The molecule has 1 heterocycles. The first-order valence-electron chi connectivity index (χ1n) is 8.41. The van der Waals surface area contributed by atoms with Gasteiger partial charge in [0, 0.05) is 11.6 Å². The van der Waals surface area contributed by atoms with Crippen molar-refractivity contribution in [2.24, 2.45) is 5.92 Å². The van der Waals surface area contributed by atoms with E-state index in [0.717, 1.165) is 29.2 Å². The van der Waals surface area contributed by atoms with Crippen LogP contribution in [0, 0.1) is 26.7 Å². The minimum Gasteiger partial charge on any atom is -0.293 e. The summed E-state index contributed by atoms with van der Waals surface area (Å²) in [6.45, 7) is 7.97. The van der Waals surface area contributed by atoms with Gasteiger partial charge in [-0.3, -0.25) is 9.69 Å². The van der Waals surface area contributed by atoms with Gasteiger partial charge >= 0.3 is 0 Å². The number of benzene rings is 1. The number of fused-ring (bicyclic) bond motifs is 1. The van der Waals surface area contributed by atoms with Gasteiger partial charge in [-0.1, -0.05) is 30.5 Å². The number of hydrogen-bond donors (Lipinski definition) is 0. The predicted molar refractivity (Wildman–Crippen MR) is 86.9 cm³/mol. The molecule has 0 aromatic heterocycles. The average Bonchev–Trinajstić information content (AvgIpc) is 2.81. The maximum absolute atomic E-state index is 12.8. The summed E-state index contributed by atoms with van der Waals surface area (Å²) in [6, 6.07) is 4.94. The molecule has 21 heavy (non-hydrogen) atoms. The highest BCUT2D eigenvalue weighted by Gasteiger charge is 2.36. The van der Waals surface area contributed by atoms with Gasteiger partial charge in [0.25, 0.3) is 0 Å². The molecular weight excluding hydrogens is 258 g/mol. The third-order valence-electron chi connectivity index (χ3n) is 5.43. The van der Waals surface area contributed by atoms with Gasteiger partial charge < -0.3 is 0 Å². The van der Waals surface area contributed by atoms with Crippen LogP contribution in [-0.2, 0) is 0 Å². The first-order chi connectivity index (χ1) is 10.1. The molecule has 1 saturated heterocycles. The molecule has 0 N–H and O–H groups in total. The Morgan fingerprint density at radius 2 is 1.76 bits per heavy atom. The van der Waals surface area contributed by atoms with Gasteiger partial charge in [0.1, 0.15) is 0 Å². The molecule has 114 valence electrons. The lowest BCUT2D eigenvalue weighted by molar-refractivity contribution is 0.0894. The molecule has 2 heteroatoms. The van der Waals surface area contributed by atoms with Gasteiger partial charge in [0.2, 0.25) is 0 Å². The lowest BCUT2D eigenvalue weighted by Gasteiger charge is -2.31. The van der Waals surface area contributed by atoms with Crippen molar-refractivity contribution in [2.75, 3.05) is 13.1 Å². The largest absolute Gasteiger partial charge is 0.293 e. The highest BCUT2D eigenvalue weighted by atomic mass is 16.1. The number of aryl methyl sites for hydroxylation is 3. The highest BCUT2D eigenvalue weighted by Crippen LogP contribution is 2.36. The number of likely N-dealkylation sites (tertiary alicyclic amines) is 1.